The van der Waals surface area contributed by atoms with Crippen molar-refractivity contribution >= 4 is 17.4 Å². The Bertz CT molecular complexity index is 912. The molecule has 6 heteroatoms. The van der Waals surface area contributed by atoms with Crippen molar-refractivity contribution in [2.24, 2.45) is 0 Å². The Balaban J connectivity index is 1.44. The van der Waals surface area contributed by atoms with E-state index in [4.69, 9.17) is 9.47 Å². The van der Waals surface area contributed by atoms with E-state index in [-0.39, 0.29) is 24.3 Å². The van der Waals surface area contributed by atoms with Gasteiger partial charge in [-0.25, -0.2) is 0 Å². The average Bonchev–Trinajstić information content (AvgIpc) is 3.11. The topological polar surface area (TPSA) is 67.9 Å². The Kier molecular flexibility index (Phi) is 5.69. The minimum Gasteiger partial charge on any atom is -0.490 e. The summed E-state index contributed by atoms with van der Waals surface area (Å²) in [7, 11) is 0. The van der Waals surface area contributed by atoms with Gasteiger partial charge in [0.25, 0.3) is 0 Å². The number of hydrogen-bond donors (Lipinski definition) is 1. The van der Waals surface area contributed by atoms with Gasteiger partial charge in [-0.3, -0.25) is 9.59 Å². The number of carbonyl (C=O) groups is 2. The molecule has 1 unspecified atom stereocenters. The molecular formula is C23H26N2O4. The second-order valence-corrected chi connectivity index (χ2v) is 7.49. The molecule has 1 amide bonds. The Morgan fingerprint density at radius 1 is 1.07 bits per heavy atom. The van der Waals surface area contributed by atoms with E-state index in [1.165, 1.54) is 6.92 Å². The summed E-state index contributed by atoms with van der Waals surface area (Å²) in [4.78, 5) is 26.4. The highest BCUT2D eigenvalue weighted by atomic mass is 16.5. The lowest BCUT2D eigenvalue weighted by Gasteiger charge is -2.26. The van der Waals surface area contributed by atoms with Crippen LogP contribution >= 0.6 is 0 Å². The molecule has 2 aliphatic heterocycles. The zero-order chi connectivity index (χ0) is 20.2. The number of ether oxygens (including phenoxy) is 2. The number of fused-ring (bicyclic) bond motifs is 1. The van der Waals surface area contributed by atoms with Crippen LogP contribution in [0.5, 0.6) is 11.5 Å². The van der Waals surface area contributed by atoms with Crippen molar-refractivity contribution in [1.29, 1.82) is 0 Å². The third kappa shape index (κ3) is 4.36. The zero-order valence-electron chi connectivity index (χ0n) is 16.6. The van der Waals surface area contributed by atoms with E-state index in [0.717, 1.165) is 48.6 Å². The Labute approximate surface area is 170 Å². The van der Waals surface area contributed by atoms with Gasteiger partial charge in [-0.15, -0.1) is 0 Å². The summed E-state index contributed by atoms with van der Waals surface area (Å²) >= 11 is 0. The van der Waals surface area contributed by atoms with Gasteiger partial charge in [0.05, 0.1) is 25.8 Å². The summed E-state index contributed by atoms with van der Waals surface area (Å²) in [6.45, 7) is 3.79. The maximum absolute atomic E-state index is 12.9. The number of likely N-dealkylation sites (tertiary alicyclic amines) is 1. The summed E-state index contributed by atoms with van der Waals surface area (Å²) in [5, 5.41) is 3.16. The predicted octanol–water partition coefficient (Wildman–Crippen LogP) is 3.83. The normalized spacial score (nSPS) is 18.2. The molecule has 1 atom stereocenters. The number of ketones is 1. The molecule has 29 heavy (non-hydrogen) atoms. The van der Waals surface area contributed by atoms with E-state index in [1.54, 1.807) is 12.1 Å². The van der Waals surface area contributed by atoms with E-state index in [9.17, 15) is 9.59 Å². The lowest BCUT2D eigenvalue weighted by atomic mass is 10.0. The number of amides is 1. The highest BCUT2D eigenvalue weighted by Crippen LogP contribution is 2.37. The third-order valence-electron chi connectivity index (χ3n) is 5.44. The Morgan fingerprint density at radius 3 is 2.72 bits per heavy atom. The molecule has 0 bridgehead atoms. The standard InChI is InChI=1S/C23H26N2O4/c1-16(26)17-5-2-6-19(13-17)24-15-23(27)25-10-3-7-20(25)18-8-9-21-22(14-18)29-12-4-11-28-21/h2,5-6,8-9,13-14,20,24H,3-4,7,10-12,15H2,1H3. The van der Waals surface area contributed by atoms with E-state index in [1.807, 2.05) is 35.2 Å². The Morgan fingerprint density at radius 2 is 1.90 bits per heavy atom. The molecule has 2 aromatic rings. The summed E-state index contributed by atoms with van der Waals surface area (Å²) in [5.74, 6) is 1.59. The fourth-order valence-electron chi connectivity index (χ4n) is 3.93. The van der Waals surface area contributed by atoms with Crippen molar-refractivity contribution in [1.82, 2.24) is 4.90 Å². The van der Waals surface area contributed by atoms with Gasteiger partial charge in [0.1, 0.15) is 0 Å². The molecule has 0 saturated carbocycles. The Hall–Kier alpha value is -3.02. The fraction of sp³-hybridized carbons (Fsp3) is 0.391. The second-order valence-electron chi connectivity index (χ2n) is 7.49. The first-order valence-electron chi connectivity index (χ1n) is 10.2. The molecule has 0 aromatic heterocycles. The van der Waals surface area contributed by atoms with Crippen LogP contribution in [-0.4, -0.2) is 42.9 Å². The molecule has 2 aromatic carbocycles. The summed E-state index contributed by atoms with van der Waals surface area (Å²) in [6, 6.07) is 13.3. The number of nitrogens with one attached hydrogen (secondary N) is 1. The van der Waals surface area contributed by atoms with Crippen LogP contribution in [0, 0.1) is 0 Å². The van der Waals surface area contributed by atoms with Gasteiger partial charge in [-0.1, -0.05) is 18.2 Å². The third-order valence-corrected chi connectivity index (χ3v) is 5.44. The number of rotatable bonds is 5. The molecule has 0 aliphatic carbocycles. The highest BCUT2D eigenvalue weighted by molar-refractivity contribution is 5.95. The molecule has 0 radical (unpaired) electrons. The molecule has 1 N–H and O–H groups in total. The first-order valence-corrected chi connectivity index (χ1v) is 10.2. The summed E-state index contributed by atoms with van der Waals surface area (Å²) in [6.07, 6.45) is 2.78. The zero-order valence-corrected chi connectivity index (χ0v) is 16.6. The van der Waals surface area contributed by atoms with Gasteiger partial charge < -0.3 is 19.7 Å². The minimum atomic E-state index is 0.00833. The van der Waals surface area contributed by atoms with Crippen LogP contribution in [0.3, 0.4) is 0 Å². The van der Waals surface area contributed by atoms with Crippen molar-refractivity contribution in [3.63, 3.8) is 0 Å². The van der Waals surface area contributed by atoms with Gasteiger partial charge in [-0.05, 0) is 49.6 Å². The van der Waals surface area contributed by atoms with Crippen molar-refractivity contribution in [3.8, 4) is 11.5 Å². The van der Waals surface area contributed by atoms with Crippen LogP contribution in [0.25, 0.3) is 0 Å². The summed E-state index contributed by atoms with van der Waals surface area (Å²) in [5.41, 5.74) is 2.49. The largest absolute Gasteiger partial charge is 0.490 e. The molecular weight excluding hydrogens is 368 g/mol. The number of Topliss-reactive ketones (excluding diaryl/α,β-unsaturated/α-hetero) is 1. The molecule has 1 fully saturated rings. The maximum Gasteiger partial charge on any atom is 0.242 e. The van der Waals surface area contributed by atoms with Crippen LogP contribution in [0.4, 0.5) is 5.69 Å². The second kappa shape index (κ2) is 8.55. The van der Waals surface area contributed by atoms with Crippen LogP contribution in [0.1, 0.15) is 48.1 Å². The quantitative estimate of drug-likeness (QED) is 0.781. The van der Waals surface area contributed by atoms with Crippen molar-refractivity contribution in [2.45, 2.75) is 32.2 Å². The van der Waals surface area contributed by atoms with Gasteiger partial charge in [-0.2, -0.15) is 0 Å². The molecule has 6 nitrogen and oxygen atoms in total. The van der Waals surface area contributed by atoms with Gasteiger partial charge in [0.15, 0.2) is 17.3 Å². The lowest BCUT2D eigenvalue weighted by molar-refractivity contribution is -0.130. The van der Waals surface area contributed by atoms with Crippen LogP contribution in [-0.2, 0) is 4.79 Å². The molecule has 1 saturated heterocycles. The molecule has 2 aliphatic rings. The first-order chi connectivity index (χ1) is 14.1. The van der Waals surface area contributed by atoms with E-state index >= 15 is 0 Å². The summed E-state index contributed by atoms with van der Waals surface area (Å²) < 4.78 is 11.5. The number of hydrogen-bond acceptors (Lipinski definition) is 5. The average molecular weight is 394 g/mol. The SMILES string of the molecule is CC(=O)c1cccc(NCC(=O)N2CCCC2c2ccc3c(c2)OCCCO3)c1. The van der Waals surface area contributed by atoms with Crippen LogP contribution in [0.2, 0.25) is 0 Å². The van der Waals surface area contributed by atoms with Crippen molar-refractivity contribution in [2.75, 3.05) is 31.6 Å². The van der Waals surface area contributed by atoms with Gasteiger partial charge in [0, 0.05) is 24.2 Å². The predicted molar refractivity (Wildman–Crippen MR) is 111 cm³/mol. The number of carbonyl (C=O) groups excluding carboxylic acids is 2. The smallest absolute Gasteiger partial charge is 0.242 e. The molecule has 2 heterocycles. The highest BCUT2D eigenvalue weighted by Gasteiger charge is 2.30. The van der Waals surface area contributed by atoms with Gasteiger partial charge >= 0.3 is 0 Å². The van der Waals surface area contributed by atoms with Crippen LogP contribution in [0.15, 0.2) is 42.5 Å². The van der Waals surface area contributed by atoms with E-state index in [2.05, 4.69) is 5.32 Å². The van der Waals surface area contributed by atoms with E-state index < -0.39 is 0 Å². The number of benzene rings is 2. The number of anilines is 1. The minimum absolute atomic E-state index is 0.00833. The fourth-order valence-corrected chi connectivity index (χ4v) is 3.93. The monoisotopic (exact) mass is 394 g/mol. The van der Waals surface area contributed by atoms with E-state index in [0.29, 0.717) is 18.8 Å². The molecule has 0 spiro atoms. The molecule has 152 valence electrons. The van der Waals surface area contributed by atoms with Gasteiger partial charge in [0.2, 0.25) is 5.91 Å². The number of nitrogens with zero attached hydrogens (tertiary/aromatic N) is 1. The van der Waals surface area contributed by atoms with Crippen LogP contribution < -0.4 is 14.8 Å². The lowest BCUT2D eigenvalue weighted by Crippen LogP contribution is -2.35. The maximum atomic E-state index is 12.9. The molecule has 4 rings (SSSR count). The van der Waals surface area contributed by atoms with Crippen molar-refractivity contribution in [3.05, 3.63) is 53.6 Å². The first kappa shape index (κ1) is 19.3. The van der Waals surface area contributed by atoms with Crippen molar-refractivity contribution < 1.29 is 19.1 Å².